The number of rotatable bonds is 5. The Morgan fingerprint density at radius 2 is 1.95 bits per heavy atom. The van der Waals surface area contributed by atoms with Crippen molar-refractivity contribution in [1.29, 1.82) is 0 Å². The molecule has 3 rings (SSSR count). The Kier molecular flexibility index (Phi) is 4.32. The second-order valence-corrected chi connectivity index (χ2v) is 6.42. The maximum absolute atomic E-state index is 5.28. The Bertz CT molecular complexity index is 614. The highest BCUT2D eigenvalue weighted by molar-refractivity contribution is 9.10. The fourth-order valence-corrected chi connectivity index (χ4v) is 3.76. The SMILES string of the molecule is CNC(c1ccc(OC)cc1Br)C1CC1c1ccccc1. The van der Waals surface area contributed by atoms with Gasteiger partial charge in [-0.2, -0.15) is 0 Å². The summed E-state index contributed by atoms with van der Waals surface area (Å²) in [6, 6.07) is 17.4. The van der Waals surface area contributed by atoms with Gasteiger partial charge in [-0.15, -0.1) is 0 Å². The van der Waals surface area contributed by atoms with Crippen molar-refractivity contribution in [3.8, 4) is 5.75 Å². The third-order valence-electron chi connectivity index (χ3n) is 4.35. The molecule has 0 bridgehead atoms. The summed E-state index contributed by atoms with van der Waals surface area (Å²) in [4.78, 5) is 0. The third kappa shape index (κ3) is 2.99. The van der Waals surface area contributed by atoms with E-state index in [2.05, 4.69) is 57.6 Å². The Hall–Kier alpha value is -1.32. The van der Waals surface area contributed by atoms with Gasteiger partial charge in [0.2, 0.25) is 0 Å². The molecular formula is C18H20BrNO. The van der Waals surface area contributed by atoms with E-state index in [1.54, 1.807) is 7.11 Å². The number of ether oxygens (including phenoxy) is 1. The van der Waals surface area contributed by atoms with E-state index in [1.165, 1.54) is 17.5 Å². The fourth-order valence-electron chi connectivity index (χ4n) is 3.15. The van der Waals surface area contributed by atoms with Gasteiger partial charge < -0.3 is 10.1 Å². The van der Waals surface area contributed by atoms with Gasteiger partial charge in [0.25, 0.3) is 0 Å². The first kappa shape index (κ1) is 14.6. The standard InChI is InChI=1S/C18H20BrNO/c1-20-18(14-9-8-13(21-2)10-17(14)19)16-11-15(16)12-6-4-3-5-7-12/h3-10,15-16,18,20H,11H2,1-2H3. The highest BCUT2D eigenvalue weighted by atomic mass is 79.9. The Morgan fingerprint density at radius 3 is 2.57 bits per heavy atom. The van der Waals surface area contributed by atoms with Gasteiger partial charge in [0.1, 0.15) is 5.75 Å². The van der Waals surface area contributed by atoms with Gasteiger partial charge in [0.15, 0.2) is 0 Å². The molecule has 1 saturated carbocycles. The van der Waals surface area contributed by atoms with Crippen LogP contribution in [0.3, 0.4) is 0 Å². The first-order valence-corrected chi connectivity index (χ1v) is 8.09. The summed E-state index contributed by atoms with van der Waals surface area (Å²) >= 11 is 3.68. The zero-order chi connectivity index (χ0) is 14.8. The van der Waals surface area contributed by atoms with E-state index in [1.807, 2.05) is 19.2 Å². The van der Waals surface area contributed by atoms with Crippen molar-refractivity contribution in [3.05, 3.63) is 64.1 Å². The van der Waals surface area contributed by atoms with Crippen LogP contribution in [0.1, 0.15) is 29.5 Å². The largest absolute Gasteiger partial charge is 0.497 e. The first-order chi connectivity index (χ1) is 10.2. The minimum atomic E-state index is 0.371. The van der Waals surface area contributed by atoms with E-state index in [-0.39, 0.29) is 0 Å². The first-order valence-electron chi connectivity index (χ1n) is 7.30. The number of nitrogens with one attached hydrogen (secondary N) is 1. The van der Waals surface area contributed by atoms with Crippen LogP contribution < -0.4 is 10.1 Å². The van der Waals surface area contributed by atoms with E-state index in [0.717, 1.165) is 10.2 Å². The van der Waals surface area contributed by atoms with Gasteiger partial charge in [0, 0.05) is 10.5 Å². The molecule has 0 saturated heterocycles. The van der Waals surface area contributed by atoms with Gasteiger partial charge in [-0.1, -0.05) is 52.3 Å². The lowest BCUT2D eigenvalue weighted by Gasteiger charge is -2.19. The van der Waals surface area contributed by atoms with Crippen LogP contribution in [-0.2, 0) is 0 Å². The summed E-state index contributed by atoms with van der Waals surface area (Å²) < 4.78 is 6.39. The van der Waals surface area contributed by atoms with Crippen LogP contribution in [0.5, 0.6) is 5.75 Å². The molecule has 3 unspecified atom stereocenters. The zero-order valence-corrected chi connectivity index (χ0v) is 13.9. The van der Waals surface area contributed by atoms with Crippen molar-refractivity contribution in [2.75, 3.05) is 14.2 Å². The summed E-state index contributed by atoms with van der Waals surface area (Å²) in [5.41, 5.74) is 2.76. The summed E-state index contributed by atoms with van der Waals surface area (Å²) in [7, 11) is 3.74. The van der Waals surface area contributed by atoms with Crippen LogP contribution in [0.25, 0.3) is 0 Å². The molecule has 2 aromatic rings. The molecule has 1 aliphatic carbocycles. The predicted octanol–water partition coefficient (Wildman–Crippen LogP) is 4.52. The Morgan fingerprint density at radius 1 is 1.19 bits per heavy atom. The molecule has 0 radical (unpaired) electrons. The van der Waals surface area contributed by atoms with Crippen molar-refractivity contribution in [2.24, 2.45) is 5.92 Å². The van der Waals surface area contributed by atoms with Crippen LogP contribution in [0, 0.1) is 5.92 Å². The summed E-state index contributed by atoms with van der Waals surface area (Å²) in [6.07, 6.45) is 1.24. The molecule has 0 aromatic heterocycles. The average molecular weight is 346 g/mol. The van der Waals surface area contributed by atoms with Crippen LogP contribution in [0.2, 0.25) is 0 Å². The fraction of sp³-hybridized carbons (Fsp3) is 0.333. The molecule has 1 aliphatic rings. The van der Waals surface area contributed by atoms with Crippen LogP contribution in [-0.4, -0.2) is 14.2 Å². The molecular weight excluding hydrogens is 326 g/mol. The molecule has 0 spiro atoms. The number of halogens is 1. The van der Waals surface area contributed by atoms with Crippen molar-refractivity contribution in [1.82, 2.24) is 5.32 Å². The molecule has 2 aromatic carbocycles. The summed E-state index contributed by atoms with van der Waals surface area (Å²) in [6.45, 7) is 0. The quantitative estimate of drug-likeness (QED) is 0.859. The molecule has 0 amide bonds. The van der Waals surface area contributed by atoms with Crippen LogP contribution >= 0.6 is 15.9 Å². The zero-order valence-electron chi connectivity index (χ0n) is 12.3. The second-order valence-electron chi connectivity index (χ2n) is 5.57. The highest BCUT2D eigenvalue weighted by Crippen LogP contribution is 2.54. The number of methoxy groups -OCH3 is 1. The van der Waals surface area contributed by atoms with Crippen molar-refractivity contribution < 1.29 is 4.74 Å². The predicted molar refractivity (Wildman–Crippen MR) is 89.8 cm³/mol. The average Bonchev–Trinajstić information content (AvgIpc) is 3.31. The Labute approximate surface area is 134 Å². The monoisotopic (exact) mass is 345 g/mol. The highest BCUT2D eigenvalue weighted by Gasteiger charge is 2.44. The van der Waals surface area contributed by atoms with E-state index in [4.69, 9.17) is 4.74 Å². The summed E-state index contributed by atoms with van der Waals surface area (Å²) in [5.74, 6) is 2.20. The molecule has 21 heavy (non-hydrogen) atoms. The van der Waals surface area contributed by atoms with Gasteiger partial charge >= 0.3 is 0 Å². The molecule has 0 aliphatic heterocycles. The van der Waals surface area contributed by atoms with E-state index in [9.17, 15) is 0 Å². The van der Waals surface area contributed by atoms with Gasteiger partial charge in [0.05, 0.1) is 7.11 Å². The number of benzene rings is 2. The van der Waals surface area contributed by atoms with Gasteiger partial charge in [-0.05, 0) is 48.6 Å². The topological polar surface area (TPSA) is 21.3 Å². The van der Waals surface area contributed by atoms with E-state index >= 15 is 0 Å². The number of hydrogen-bond acceptors (Lipinski definition) is 2. The minimum Gasteiger partial charge on any atom is -0.497 e. The van der Waals surface area contributed by atoms with E-state index in [0.29, 0.717) is 17.9 Å². The van der Waals surface area contributed by atoms with Crippen molar-refractivity contribution in [2.45, 2.75) is 18.4 Å². The molecule has 1 N–H and O–H groups in total. The summed E-state index contributed by atoms with van der Waals surface area (Å²) in [5, 5.41) is 3.49. The molecule has 3 heteroatoms. The van der Waals surface area contributed by atoms with Crippen molar-refractivity contribution >= 4 is 15.9 Å². The number of hydrogen-bond donors (Lipinski definition) is 1. The van der Waals surface area contributed by atoms with Crippen LogP contribution in [0.15, 0.2) is 53.0 Å². The van der Waals surface area contributed by atoms with E-state index < -0.39 is 0 Å². The maximum Gasteiger partial charge on any atom is 0.120 e. The van der Waals surface area contributed by atoms with Gasteiger partial charge in [-0.3, -0.25) is 0 Å². The molecule has 110 valence electrons. The third-order valence-corrected chi connectivity index (χ3v) is 5.04. The molecule has 1 fully saturated rings. The molecule has 0 heterocycles. The maximum atomic E-state index is 5.28. The smallest absolute Gasteiger partial charge is 0.120 e. The lowest BCUT2D eigenvalue weighted by atomic mass is 9.99. The normalized spacial score (nSPS) is 21.9. The van der Waals surface area contributed by atoms with Crippen molar-refractivity contribution in [3.63, 3.8) is 0 Å². The molecule has 3 atom stereocenters. The minimum absolute atomic E-state index is 0.371. The van der Waals surface area contributed by atoms with Crippen LogP contribution in [0.4, 0.5) is 0 Å². The second kappa shape index (κ2) is 6.20. The lowest BCUT2D eigenvalue weighted by Crippen LogP contribution is -2.19. The molecule has 2 nitrogen and oxygen atoms in total. The lowest BCUT2D eigenvalue weighted by molar-refractivity contribution is 0.413. The Balaban J connectivity index is 1.81. The van der Waals surface area contributed by atoms with Gasteiger partial charge in [-0.25, -0.2) is 0 Å².